The predicted molar refractivity (Wildman–Crippen MR) is 103 cm³/mol. The summed E-state index contributed by atoms with van der Waals surface area (Å²) < 4.78 is 54.9. The van der Waals surface area contributed by atoms with Crippen molar-refractivity contribution >= 4 is 13.3 Å². The molecule has 0 bridgehead atoms. The van der Waals surface area contributed by atoms with Crippen molar-refractivity contribution in [1.29, 1.82) is 0 Å². The number of rotatable bonds is 11. The van der Waals surface area contributed by atoms with Crippen molar-refractivity contribution in [3.05, 3.63) is 71.8 Å². The third-order valence-corrected chi connectivity index (χ3v) is 5.99. The molecule has 9 heteroatoms. The molecule has 0 radical (unpaired) electrons. The van der Waals surface area contributed by atoms with Crippen molar-refractivity contribution in [3.63, 3.8) is 0 Å². The van der Waals surface area contributed by atoms with Crippen LogP contribution >= 0.6 is 7.37 Å². The highest BCUT2D eigenvalue weighted by atomic mass is 31.2. The molecule has 0 saturated heterocycles. The Kier molecular flexibility index (Phi) is 8.89. The van der Waals surface area contributed by atoms with E-state index < -0.39 is 19.5 Å². The van der Waals surface area contributed by atoms with E-state index in [1.807, 2.05) is 60.7 Å². The van der Waals surface area contributed by atoms with Crippen molar-refractivity contribution in [2.24, 2.45) is 0 Å². The Hall–Kier alpha value is -2.15. The lowest BCUT2D eigenvalue weighted by Crippen LogP contribution is -2.37. The SMILES string of the molecule is O=C(NCCCCOOP(=O)(Cc1ccccc1)Cc1ccccc1)C(F)(F)F. The summed E-state index contributed by atoms with van der Waals surface area (Å²) in [6.45, 7) is -0.0805. The van der Waals surface area contributed by atoms with Crippen LogP contribution in [-0.2, 0) is 31.2 Å². The van der Waals surface area contributed by atoms with Crippen LogP contribution in [0.25, 0.3) is 0 Å². The van der Waals surface area contributed by atoms with E-state index in [9.17, 15) is 22.5 Å². The summed E-state index contributed by atoms with van der Waals surface area (Å²) in [5.41, 5.74) is 1.70. The third kappa shape index (κ3) is 8.81. The molecule has 0 unspecified atom stereocenters. The smallest absolute Gasteiger partial charge is 0.348 e. The minimum atomic E-state index is -4.89. The standard InChI is InChI=1S/C20H23F3NO4P/c21-20(22,23)19(25)24-13-7-8-14-27-28-29(26,15-17-9-3-1-4-10-17)16-18-11-5-2-6-12-18/h1-6,9-12H,7-8,13-16H2,(H,24,25). The average molecular weight is 429 g/mol. The number of nitrogens with one attached hydrogen (secondary N) is 1. The van der Waals surface area contributed by atoms with Crippen LogP contribution in [0.15, 0.2) is 60.7 Å². The Balaban J connectivity index is 1.81. The first-order valence-electron chi connectivity index (χ1n) is 9.11. The molecular formula is C20H23F3NO4P. The molecule has 0 atom stereocenters. The fourth-order valence-electron chi connectivity index (χ4n) is 2.55. The van der Waals surface area contributed by atoms with Crippen molar-refractivity contribution in [3.8, 4) is 0 Å². The summed E-state index contributed by atoms with van der Waals surface area (Å²) in [5.74, 6) is -1.97. The molecule has 2 aromatic rings. The normalized spacial score (nSPS) is 12.0. The average Bonchev–Trinajstić information content (AvgIpc) is 2.67. The molecule has 0 aliphatic carbocycles. The minimum absolute atomic E-state index is 0.0510. The second kappa shape index (κ2) is 11.1. The van der Waals surface area contributed by atoms with Crippen LogP contribution in [0.1, 0.15) is 24.0 Å². The van der Waals surface area contributed by atoms with Crippen molar-refractivity contribution < 1.29 is 32.1 Å². The maximum absolute atomic E-state index is 13.3. The molecular weight excluding hydrogens is 406 g/mol. The van der Waals surface area contributed by atoms with Gasteiger partial charge in [-0.3, -0.25) is 9.36 Å². The lowest BCUT2D eigenvalue weighted by atomic mass is 10.2. The minimum Gasteiger partial charge on any atom is -0.348 e. The van der Waals surface area contributed by atoms with Crippen molar-refractivity contribution in [2.45, 2.75) is 31.3 Å². The van der Waals surface area contributed by atoms with E-state index in [0.717, 1.165) is 11.1 Å². The molecule has 0 aliphatic rings. The van der Waals surface area contributed by atoms with Gasteiger partial charge in [0.2, 0.25) is 7.37 Å². The van der Waals surface area contributed by atoms with Crippen LogP contribution in [0.5, 0.6) is 0 Å². The molecule has 0 aromatic heterocycles. The second-order valence-electron chi connectivity index (χ2n) is 6.46. The van der Waals surface area contributed by atoms with E-state index in [1.54, 1.807) is 5.32 Å². The predicted octanol–water partition coefficient (Wildman–Crippen LogP) is 5.07. The van der Waals surface area contributed by atoms with E-state index in [2.05, 4.69) is 0 Å². The van der Waals surface area contributed by atoms with Crippen LogP contribution in [0.3, 0.4) is 0 Å². The number of hydrogen-bond acceptors (Lipinski definition) is 4. The molecule has 0 spiro atoms. The molecule has 0 heterocycles. The number of hydrogen-bond donors (Lipinski definition) is 1. The number of alkyl halides is 3. The molecule has 158 valence electrons. The first kappa shape index (κ1) is 23.1. The zero-order chi connectivity index (χ0) is 21.2. The summed E-state index contributed by atoms with van der Waals surface area (Å²) in [6, 6.07) is 18.5. The molecule has 1 N–H and O–H groups in total. The van der Waals surface area contributed by atoms with Crippen LogP contribution in [0.2, 0.25) is 0 Å². The maximum atomic E-state index is 13.3. The molecule has 5 nitrogen and oxygen atoms in total. The van der Waals surface area contributed by atoms with Gasteiger partial charge in [-0.2, -0.15) is 17.8 Å². The number of unbranched alkanes of at least 4 members (excludes halogenated alkanes) is 1. The van der Waals surface area contributed by atoms with Crippen LogP contribution in [0.4, 0.5) is 13.2 Å². The first-order chi connectivity index (χ1) is 13.8. The van der Waals surface area contributed by atoms with Gasteiger partial charge in [0, 0.05) is 6.54 Å². The third-order valence-electron chi connectivity index (χ3n) is 3.92. The lowest BCUT2D eigenvalue weighted by molar-refractivity contribution is -0.206. The summed E-state index contributed by atoms with van der Waals surface area (Å²) in [6.07, 6.45) is -3.88. The Labute approximate surface area is 167 Å². The summed E-state index contributed by atoms with van der Waals surface area (Å²) in [7, 11) is -3.20. The van der Waals surface area contributed by atoms with Gasteiger partial charge in [-0.1, -0.05) is 60.7 Å². The van der Waals surface area contributed by atoms with Crippen LogP contribution in [0, 0.1) is 0 Å². The van der Waals surface area contributed by atoms with Gasteiger partial charge >= 0.3 is 12.1 Å². The quantitative estimate of drug-likeness (QED) is 0.234. The van der Waals surface area contributed by atoms with E-state index >= 15 is 0 Å². The highest BCUT2D eigenvalue weighted by Gasteiger charge is 2.38. The van der Waals surface area contributed by atoms with Crippen LogP contribution < -0.4 is 5.32 Å². The second-order valence-corrected chi connectivity index (χ2v) is 8.87. The van der Waals surface area contributed by atoms with Gasteiger partial charge in [-0.15, -0.1) is 0 Å². The van der Waals surface area contributed by atoms with Gasteiger partial charge in [0.15, 0.2) is 0 Å². The van der Waals surface area contributed by atoms with Gasteiger partial charge in [0.25, 0.3) is 0 Å². The Morgan fingerprint density at radius 3 is 1.90 bits per heavy atom. The Morgan fingerprint density at radius 2 is 1.41 bits per heavy atom. The topological polar surface area (TPSA) is 64.6 Å². The van der Waals surface area contributed by atoms with E-state index in [1.165, 1.54) is 0 Å². The van der Waals surface area contributed by atoms with Gasteiger partial charge in [-0.05, 0) is 24.0 Å². The highest BCUT2D eigenvalue weighted by molar-refractivity contribution is 7.57. The number of carbonyl (C=O) groups is 1. The zero-order valence-electron chi connectivity index (χ0n) is 15.7. The summed E-state index contributed by atoms with van der Waals surface area (Å²) in [4.78, 5) is 15.8. The molecule has 0 saturated carbocycles. The highest BCUT2D eigenvalue weighted by Crippen LogP contribution is 2.53. The maximum Gasteiger partial charge on any atom is 0.471 e. The zero-order valence-corrected chi connectivity index (χ0v) is 16.6. The van der Waals surface area contributed by atoms with Gasteiger partial charge in [-0.25, -0.2) is 4.89 Å². The molecule has 29 heavy (non-hydrogen) atoms. The molecule has 0 fully saturated rings. The summed E-state index contributed by atoms with van der Waals surface area (Å²) >= 11 is 0. The summed E-state index contributed by atoms with van der Waals surface area (Å²) in [5, 5.41) is 1.78. The van der Waals surface area contributed by atoms with E-state index in [0.29, 0.717) is 6.42 Å². The van der Waals surface area contributed by atoms with E-state index in [4.69, 9.17) is 9.56 Å². The number of carbonyl (C=O) groups excluding carboxylic acids is 1. The van der Waals surface area contributed by atoms with Crippen molar-refractivity contribution in [1.82, 2.24) is 5.32 Å². The molecule has 2 rings (SSSR count). The Bertz CT molecular complexity index is 755. The Morgan fingerprint density at radius 1 is 0.897 bits per heavy atom. The molecule has 2 aromatic carbocycles. The monoisotopic (exact) mass is 429 g/mol. The number of halogens is 3. The van der Waals surface area contributed by atoms with E-state index in [-0.39, 0.29) is 31.9 Å². The molecule has 0 aliphatic heterocycles. The largest absolute Gasteiger partial charge is 0.471 e. The fraction of sp³-hybridized carbons (Fsp3) is 0.350. The van der Waals surface area contributed by atoms with Crippen LogP contribution in [-0.4, -0.2) is 25.2 Å². The van der Waals surface area contributed by atoms with Crippen molar-refractivity contribution in [2.75, 3.05) is 13.2 Å². The first-order valence-corrected chi connectivity index (χ1v) is 11.1. The fourth-order valence-corrected chi connectivity index (χ4v) is 4.57. The number of benzene rings is 2. The van der Waals surface area contributed by atoms with Gasteiger partial charge < -0.3 is 5.32 Å². The van der Waals surface area contributed by atoms with Gasteiger partial charge in [0.1, 0.15) is 0 Å². The molecule has 1 amide bonds. The lowest BCUT2D eigenvalue weighted by Gasteiger charge is -2.18. The van der Waals surface area contributed by atoms with Gasteiger partial charge in [0.05, 0.1) is 18.9 Å². The number of amides is 1.